The third-order valence-electron chi connectivity index (χ3n) is 2.56. The zero-order valence-electron chi connectivity index (χ0n) is 10.3. The Kier molecular flexibility index (Phi) is 5.30. The topological polar surface area (TPSA) is 89.8 Å². The average Bonchev–Trinajstić information content (AvgIpc) is 2.29. The van der Waals surface area contributed by atoms with Crippen LogP contribution in [0.1, 0.15) is 17.3 Å². The van der Waals surface area contributed by atoms with E-state index >= 15 is 0 Å². The van der Waals surface area contributed by atoms with Gasteiger partial charge in [-0.15, -0.1) is 0 Å². The first-order chi connectivity index (χ1) is 8.47. The van der Waals surface area contributed by atoms with Crippen LogP contribution in [0.15, 0.2) is 18.2 Å². The second kappa shape index (κ2) is 6.51. The normalized spacial score (nSPS) is 13.9. The molecular weight excluding hydrogens is 254 g/mol. The van der Waals surface area contributed by atoms with Crippen molar-refractivity contribution in [2.75, 3.05) is 12.9 Å². The third kappa shape index (κ3) is 3.82. The fourth-order valence-corrected chi connectivity index (χ4v) is 2.17. The Hall–Kier alpha value is -1.40. The van der Waals surface area contributed by atoms with Crippen LogP contribution in [-0.2, 0) is 0 Å². The van der Waals surface area contributed by atoms with E-state index in [4.69, 9.17) is 5.11 Å². The summed E-state index contributed by atoms with van der Waals surface area (Å²) in [5.74, 6) is -0.742. The van der Waals surface area contributed by atoms with Crippen molar-refractivity contribution in [2.24, 2.45) is 0 Å². The predicted octanol–water partition coefficient (Wildman–Crippen LogP) is 0.940. The van der Waals surface area contributed by atoms with Crippen molar-refractivity contribution in [3.63, 3.8) is 0 Å². The highest BCUT2D eigenvalue weighted by molar-refractivity contribution is 7.99. The van der Waals surface area contributed by atoms with Gasteiger partial charge < -0.3 is 20.6 Å². The SMILES string of the molecule is CSC(CO)C(C)NC(=O)c1cc(O)cc(O)c1. The fourth-order valence-electron chi connectivity index (χ4n) is 1.55. The van der Waals surface area contributed by atoms with Crippen molar-refractivity contribution in [3.8, 4) is 11.5 Å². The lowest BCUT2D eigenvalue weighted by Gasteiger charge is -2.21. The highest BCUT2D eigenvalue weighted by Gasteiger charge is 2.18. The molecular formula is C12H17NO4S. The number of carbonyl (C=O) groups is 1. The summed E-state index contributed by atoms with van der Waals surface area (Å²) in [6, 6.07) is 3.48. The van der Waals surface area contributed by atoms with E-state index in [0.717, 1.165) is 6.07 Å². The third-order valence-corrected chi connectivity index (χ3v) is 3.73. The molecule has 1 aromatic rings. The van der Waals surface area contributed by atoms with Gasteiger partial charge in [-0.05, 0) is 25.3 Å². The van der Waals surface area contributed by atoms with Crippen LogP contribution in [0.25, 0.3) is 0 Å². The zero-order chi connectivity index (χ0) is 13.7. The van der Waals surface area contributed by atoms with Crippen LogP contribution in [0.4, 0.5) is 0 Å². The van der Waals surface area contributed by atoms with Gasteiger partial charge in [0.15, 0.2) is 0 Å². The molecule has 0 heterocycles. The van der Waals surface area contributed by atoms with Crippen LogP contribution >= 0.6 is 11.8 Å². The highest BCUT2D eigenvalue weighted by Crippen LogP contribution is 2.20. The van der Waals surface area contributed by atoms with Crippen molar-refractivity contribution >= 4 is 17.7 Å². The number of hydrogen-bond acceptors (Lipinski definition) is 5. The first-order valence-electron chi connectivity index (χ1n) is 5.45. The minimum atomic E-state index is -0.402. The highest BCUT2D eigenvalue weighted by atomic mass is 32.2. The number of thioether (sulfide) groups is 1. The molecule has 0 aliphatic rings. The molecule has 2 atom stereocenters. The number of aliphatic hydroxyl groups excluding tert-OH is 1. The number of phenolic OH excluding ortho intramolecular Hbond substituents is 2. The second-order valence-corrected chi connectivity index (χ2v) is 5.03. The maximum atomic E-state index is 11.9. The van der Waals surface area contributed by atoms with Gasteiger partial charge in [-0.3, -0.25) is 4.79 Å². The molecule has 1 rings (SSSR count). The fraction of sp³-hybridized carbons (Fsp3) is 0.417. The number of benzene rings is 1. The van der Waals surface area contributed by atoms with Gasteiger partial charge in [0.1, 0.15) is 11.5 Å². The maximum Gasteiger partial charge on any atom is 0.251 e. The zero-order valence-corrected chi connectivity index (χ0v) is 11.1. The lowest BCUT2D eigenvalue weighted by Crippen LogP contribution is -2.41. The van der Waals surface area contributed by atoms with E-state index in [2.05, 4.69) is 5.32 Å². The van der Waals surface area contributed by atoms with Crippen molar-refractivity contribution in [1.29, 1.82) is 0 Å². The lowest BCUT2D eigenvalue weighted by molar-refractivity contribution is 0.0935. The first-order valence-corrected chi connectivity index (χ1v) is 6.74. The van der Waals surface area contributed by atoms with E-state index in [9.17, 15) is 15.0 Å². The second-order valence-electron chi connectivity index (χ2n) is 3.96. The first kappa shape index (κ1) is 14.7. The monoisotopic (exact) mass is 271 g/mol. The molecule has 18 heavy (non-hydrogen) atoms. The number of aliphatic hydroxyl groups is 1. The van der Waals surface area contributed by atoms with Crippen LogP contribution in [0.3, 0.4) is 0 Å². The minimum absolute atomic E-state index is 0.0338. The molecule has 0 aliphatic heterocycles. The van der Waals surface area contributed by atoms with Crippen LogP contribution < -0.4 is 5.32 Å². The molecule has 0 radical (unpaired) electrons. The summed E-state index contributed by atoms with van der Waals surface area (Å²) in [6.45, 7) is 1.76. The van der Waals surface area contributed by atoms with Crippen LogP contribution in [0.2, 0.25) is 0 Å². The number of hydrogen-bond donors (Lipinski definition) is 4. The Morgan fingerprint density at radius 3 is 2.33 bits per heavy atom. The van der Waals surface area contributed by atoms with Crippen molar-refractivity contribution < 1.29 is 20.1 Å². The lowest BCUT2D eigenvalue weighted by atomic mass is 10.1. The Bertz CT molecular complexity index is 400. The quantitative estimate of drug-likeness (QED) is 0.640. The van der Waals surface area contributed by atoms with E-state index in [1.54, 1.807) is 6.92 Å². The molecule has 0 saturated carbocycles. The smallest absolute Gasteiger partial charge is 0.251 e. The Morgan fingerprint density at radius 1 is 1.33 bits per heavy atom. The molecule has 0 aromatic heterocycles. The molecule has 6 heteroatoms. The molecule has 1 aromatic carbocycles. The van der Waals surface area contributed by atoms with Crippen LogP contribution in [0, 0.1) is 0 Å². The van der Waals surface area contributed by atoms with E-state index in [1.165, 1.54) is 23.9 Å². The van der Waals surface area contributed by atoms with Crippen molar-refractivity contribution in [3.05, 3.63) is 23.8 Å². The summed E-state index contributed by atoms with van der Waals surface area (Å²) in [6.07, 6.45) is 1.85. The van der Waals surface area contributed by atoms with Gasteiger partial charge in [0.2, 0.25) is 0 Å². The molecule has 4 N–H and O–H groups in total. The molecule has 0 spiro atoms. The van der Waals surface area contributed by atoms with Crippen molar-refractivity contribution in [2.45, 2.75) is 18.2 Å². The minimum Gasteiger partial charge on any atom is -0.508 e. The van der Waals surface area contributed by atoms with Gasteiger partial charge in [-0.2, -0.15) is 11.8 Å². The summed E-state index contributed by atoms with van der Waals surface area (Å²) < 4.78 is 0. The summed E-state index contributed by atoms with van der Waals surface area (Å²) in [4.78, 5) is 11.9. The number of carbonyl (C=O) groups excluding carboxylic acids is 1. The van der Waals surface area contributed by atoms with Crippen LogP contribution in [-0.4, -0.2) is 45.4 Å². The Morgan fingerprint density at radius 2 is 1.89 bits per heavy atom. The van der Waals surface area contributed by atoms with Crippen LogP contribution in [0.5, 0.6) is 11.5 Å². The number of aromatic hydroxyl groups is 2. The molecule has 0 saturated heterocycles. The number of rotatable bonds is 5. The molecule has 0 bridgehead atoms. The van der Waals surface area contributed by atoms with Gasteiger partial charge in [-0.25, -0.2) is 0 Å². The molecule has 100 valence electrons. The number of nitrogens with one attached hydrogen (secondary N) is 1. The van der Waals surface area contributed by atoms with E-state index in [1.807, 2.05) is 6.26 Å². The summed E-state index contributed by atoms with van der Waals surface area (Å²) in [5, 5.41) is 30.3. The van der Waals surface area contributed by atoms with Crippen molar-refractivity contribution in [1.82, 2.24) is 5.32 Å². The largest absolute Gasteiger partial charge is 0.508 e. The van der Waals surface area contributed by atoms with Gasteiger partial charge in [0, 0.05) is 22.9 Å². The molecule has 0 aliphatic carbocycles. The summed E-state index contributed by atoms with van der Waals surface area (Å²) in [5.41, 5.74) is 0.178. The molecule has 0 fully saturated rings. The molecule has 5 nitrogen and oxygen atoms in total. The predicted molar refractivity (Wildman–Crippen MR) is 71.1 cm³/mol. The van der Waals surface area contributed by atoms with Gasteiger partial charge in [0.05, 0.1) is 6.61 Å². The Balaban J connectivity index is 2.76. The number of phenols is 2. The molecule has 1 amide bonds. The van der Waals surface area contributed by atoms with E-state index in [-0.39, 0.29) is 35.0 Å². The molecule has 2 unspecified atom stereocenters. The maximum absolute atomic E-state index is 11.9. The summed E-state index contributed by atoms with van der Waals surface area (Å²) >= 11 is 1.46. The average molecular weight is 271 g/mol. The number of amides is 1. The summed E-state index contributed by atoms with van der Waals surface area (Å²) in [7, 11) is 0. The van der Waals surface area contributed by atoms with Gasteiger partial charge in [-0.1, -0.05) is 0 Å². The van der Waals surface area contributed by atoms with E-state index < -0.39 is 5.91 Å². The standard InChI is InChI=1S/C12H17NO4S/c1-7(11(6-14)18-2)13-12(17)8-3-9(15)5-10(16)4-8/h3-5,7,11,14-16H,6H2,1-2H3,(H,13,17). The Labute approximate surface area is 110 Å². The van der Waals surface area contributed by atoms with E-state index in [0.29, 0.717) is 0 Å². The van der Waals surface area contributed by atoms with Gasteiger partial charge in [0.25, 0.3) is 5.91 Å². The van der Waals surface area contributed by atoms with Gasteiger partial charge >= 0.3 is 0 Å².